The van der Waals surface area contributed by atoms with E-state index < -0.39 is 5.60 Å². The van der Waals surface area contributed by atoms with Crippen molar-refractivity contribution < 1.29 is 9.90 Å². The normalized spacial score (nSPS) is 54.7. The largest absolute Gasteiger partial charge is 0.382 e. The number of fused-ring (bicyclic) bond motifs is 5. The summed E-state index contributed by atoms with van der Waals surface area (Å²) in [6.45, 7) is 6.35. The second-order valence-corrected chi connectivity index (χ2v) is 10.1. The fourth-order valence-electron chi connectivity index (χ4n) is 7.89. The van der Waals surface area contributed by atoms with Crippen LogP contribution in [0.1, 0.15) is 78.6 Å². The van der Waals surface area contributed by atoms with Crippen molar-refractivity contribution in [1.29, 1.82) is 0 Å². The van der Waals surface area contributed by atoms with Crippen LogP contribution in [0.2, 0.25) is 0 Å². The van der Waals surface area contributed by atoms with Gasteiger partial charge >= 0.3 is 0 Å². The number of carbonyl (C=O) groups is 1. The molecule has 8 atom stereocenters. The zero-order chi connectivity index (χ0) is 17.3. The van der Waals surface area contributed by atoms with Gasteiger partial charge in [0.1, 0.15) is 5.60 Å². The summed E-state index contributed by atoms with van der Waals surface area (Å²) in [4.78, 5) is 12.3. The lowest BCUT2D eigenvalue weighted by Gasteiger charge is -2.61. The average Bonchev–Trinajstić information content (AvgIpc) is 2.81. The van der Waals surface area contributed by atoms with Crippen molar-refractivity contribution in [2.45, 2.75) is 90.2 Å². The second kappa shape index (κ2) is 6.21. The Balaban J connectivity index is 0.00000182. The molecule has 0 aromatic carbocycles. The van der Waals surface area contributed by atoms with Crippen molar-refractivity contribution in [3.63, 3.8) is 0 Å². The molecule has 144 valence electrons. The summed E-state index contributed by atoms with van der Waals surface area (Å²) < 4.78 is 0. The third kappa shape index (κ3) is 2.48. The highest BCUT2D eigenvalue weighted by molar-refractivity contribution is 5.86. The smallest absolute Gasteiger partial charge is 0.161 e. The number of ketones is 1. The van der Waals surface area contributed by atoms with Crippen LogP contribution >= 0.6 is 12.4 Å². The molecular formula is C21H36ClNO2. The SMILES string of the molecule is CC(=O)[C@@]1(O)CC[C@H]2[C@@H]3CC[C@H]4C[C@H](N)CC[C@]4(C)[C@H]3CC[C@@]21C.Cl. The molecule has 3 N–H and O–H groups in total. The van der Waals surface area contributed by atoms with Crippen LogP contribution in [-0.4, -0.2) is 22.5 Å². The molecule has 0 spiro atoms. The predicted octanol–water partition coefficient (Wildman–Crippen LogP) is 4.10. The van der Waals surface area contributed by atoms with Gasteiger partial charge in [-0.25, -0.2) is 0 Å². The third-order valence-electron chi connectivity index (χ3n) is 9.44. The summed E-state index contributed by atoms with van der Waals surface area (Å²) in [5.41, 5.74) is 5.44. The third-order valence-corrected chi connectivity index (χ3v) is 9.44. The Hall–Kier alpha value is -0.120. The van der Waals surface area contributed by atoms with Crippen LogP contribution in [0.25, 0.3) is 0 Å². The molecular weight excluding hydrogens is 334 g/mol. The van der Waals surface area contributed by atoms with Crippen molar-refractivity contribution >= 4 is 18.2 Å². The van der Waals surface area contributed by atoms with E-state index in [-0.39, 0.29) is 23.6 Å². The molecule has 0 aliphatic heterocycles. The van der Waals surface area contributed by atoms with E-state index in [1.807, 2.05) is 0 Å². The number of Topliss-reactive ketones (excluding diaryl/α,β-unsaturated/α-hetero) is 1. The Labute approximate surface area is 158 Å². The summed E-state index contributed by atoms with van der Waals surface area (Å²) in [6.07, 6.45) is 10.2. The molecule has 4 heteroatoms. The van der Waals surface area contributed by atoms with Gasteiger partial charge in [0.2, 0.25) is 0 Å². The molecule has 4 aliphatic rings. The maximum atomic E-state index is 12.3. The van der Waals surface area contributed by atoms with Gasteiger partial charge < -0.3 is 10.8 Å². The van der Waals surface area contributed by atoms with Crippen molar-refractivity contribution in [3.05, 3.63) is 0 Å². The molecule has 4 rings (SSSR count). The summed E-state index contributed by atoms with van der Waals surface area (Å²) in [5.74, 6) is 2.79. The highest BCUT2D eigenvalue weighted by atomic mass is 35.5. The molecule has 4 saturated carbocycles. The van der Waals surface area contributed by atoms with Gasteiger partial charge in [-0.15, -0.1) is 12.4 Å². The molecule has 0 aromatic rings. The molecule has 0 saturated heterocycles. The van der Waals surface area contributed by atoms with Crippen molar-refractivity contribution in [1.82, 2.24) is 0 Å². The molecule has 0 aromatic heterocycles. The van der Waals surface area contributed by atoms with Gasteiger partial charge in [0.05, 0.1) is 0 Å². The number of aliphatic hydroxyl groups is 1. The monoisotopic (exact) mass is 369 g/mol. The number of nitrogens with two attached hydrogens (primary N) is 1. The maximum absolute atomic E-state index is 12.3. The number of halogens is 1. The minimum atomic E-state index is -1.07. The number of carbonyl (C=O) groups excluding carboxylic acids is 1. The molecule has 0 amide bonds. The number of hydrogen-bond donors (Lipinski definition) is 2. The van der Waals surface area contributed by atoms with E-state index in [0.29, 0.717) is 29.7 Å². The summed E-state index contributed by atoms with van der Waals surface area (Å²) in [6, 6.07) is 0.405. The molecule has 0 bridgehead atoms. The predicted molar refractivity (Wildman–Crippen MR) is 103 cm³/mol. The molecule has 0 radical (unpaired) electrons. The van der Waals surface area contributed by atoms with Gasteiger partial charge in [-0.2, -0.15) is 0 Å². The average molecular weight is 370 g/mol. The van der Waals surface area contributed by atoms with Crippen molar-refractivity contribution in [2.75, 3.05) is 0 Å². The number of hydrogen-bond acceptors (Lipinski definition) is 3. The van der Waals surface area contributed by atoms with Crippen LogP contribution in [-0.2, 0) is 4.79 Å². The van der Waals surface area contributed by atoms with Gasteiger partial charge in [-0.05, 0) is 93.8 Å². The molecule has 4 aliphatic carbocycles. The minimum absolute atomic E-state index is 0. The van der Waals surface area contributed by atoms with Gasteiger partial charge in [0.25, 0.3) is 0 Å². The highest BCUT2D eigenvalue weighted by Gasteiger charge is 2.65. The van der Waals surface area contributed by atoms with Gasteiger partial charge in [0.15, 0.2) is 5.78 Å². The Morgan fingerprint density at radius 1 is 1.00 bits per heavy atom. The Morgan fingerprint density at radius 3 is 2.36 bits per heavy atom. The van der Waals surface area contributed by atoms with Gasteiger partial charge in [-0.1, -0.05) is 13.8 Å². The quantitative estimate of drug-likeness (QED) is 0.731. The Bertz CT molecular complexity index is 554. The Morgan fingerprint density at radius 2 is 1.68 bits per heavy atom. The first-order valence-electron chi connectivity index (χ1n) is 10.2. The van der Waals surface area contributed by atoms with E-state index >= 15 is 0 Å². The molecule has 3 nitrogen and oxygen atoms in total. The zero-order valence-corrected chi connectivity index (χ0v) is 16.9. The van der Waals surface area contributed by atoms with Crippen LogP contribution in [0.15, 0.2) is 0 Å². The molecule has 0 heterocycles. The molecule has 25 heavy (non-hydrogen) atoms. The van der Waals surface area contributed by atoms with Crippen molar-refractivity contribution in [3.8, 4) is 0 Å². The van der Waals surface area contributed by atoms with Crippen LogP contribution in [0.3, 0.4) is 0 Å². The van der Waals surface area contributed by atoms with E-state index in [1.54, 1.807) is 6.92 Å². The van der Waals surface area contributed by atoms with E-state index in [0.717, 1.165) is 24.7 Å². The molecule has 4 fully saturated rings. The molecule has 0 unspecified atom stereocenters. The first kappa shape index (κ1) is 19.6. The fraction of sp³-hybridized carbons (Fsp3) is 0.952. The first-order valence-corrected chi connectivity index (χ1v) is 10.2. The first-order chi connectivity index (χ1) is 11.2. The summed E-state index contributed by atoms with van der Waals surface area (Å²) >= 11 is 0. The van der Waals surface area contributed by atoms with Crippen LogP contribution < -0.4 is 5.73 Å². The highest BCUT2D eigenvalue weighted by Crippen LogP contribution is 2.68. The van der Waals surface area contributed by atoms with Gasteiger partial charge in [-0.3, -0.25) is 4.79 Å². The topological polar surface area (TPSA) is 63.3 Å². The minimum Gasteiger partial charge on any atom is -0.382 e. The lowest BCUT2D eigenvalue weighted by molar-refractivity contribution is -0.167. The van der Waals surface area contributed by atoms with Crippen LogP contribution in [0.4, 0.5) is 0 Å². The van der Waals surface area contributed by atoms with E-state index in [2.05, 4.69) is 13.8 Å². The standard InChI is InChI=1S/C21H35NO2.ClH/c1-13(23)21(24)11-8-18-16-5-4-14-12-15(22)6-9-19(14,2)17(16)7-10-20(18,21)3;/h14-18,24H,4-12,22H2,1-3H3;1H/t14-,15+,16+,17-,18-,19-,20-,21-;/m0./s1. The van der Waals surface area contributed by atoms with Crippen LogP contribution in [0.5, 0.6) is 0 Å². The van der Waals surface area contributed by atoms with E-state index in [9.17, 15) is 9.90 Å². The van der Waals surface area contributed by atoms with E-state index in [1.165, 1.54) is 38.5 Å². The van der Waals surface area contributed by atoms with E-state index in [4.69, 9.17) is 5.73 Å². The zero-order valence-electron chi connectivity index (χ0n) is 16.1. The fourth-order valence-corrected chi connectivity index (χ4v) is 7.89. The Kier molecular flexibility index (Phi) is 4.87. The lowest BCUT2D eigenvalue weighted by atomic mass is 9.44. The van der Waals surface area contributed by atoms with Crippen LogP contribution in [0, 0.1) is 34.5 Å². The number of rotatable bonds is 1. The second-order valence-electron chi connectivity index (χ2n) is 10.1. The summed E-state index contributed by atoms with van der Waals surface area (Å²) in [7, 11) is 0. The lowest BCUT2D eigenvalue weighted by Crippen LogP contribution is -2.58. The maximum Gasteiger partial charge on any atom is 0.161 e. The van der Waals surface area contributed by atoms with Crippen molar-refractivity contribution in [2.24, 2.45) is 40.2 Å². The van der Waals surface area contributed by atoms with Gasteiger partial charge in [0, 0.05) is 11.5 Å². The summed E-state index contributed by atoms with van der Waals surface area (Å²) in [5, 5.41) is 11.2.